The van der Waals surface area contributed by atoms with E-state index in [-0.39, 0.29) is 5.91 Å². The Morgan fingerprint density at radius 3 is 2.48 bits per heavy atom. The Bertz CT molecular complexity index is 850. The van der Waals surface area contributed by atoms with Gasteiger partial charge in [0, 0.05) is 11.9 Å². The standard InChI is InChI=1S/C22H23NO2/c1-3-20(22(24)23-15-17-13-11-16(2)12-14-17)25-21-10-6-8-18-7-4-5-9-19(18)21/h4-14,20H,3,15H2,1-2H3,(H,23,24)/t20-/m1/s1. The topological polar surface area (TPSA) is 38.3 Å². The SMILES string of the molecule is CC[C@@H](Oc1cccc2ccccc12)C(=O)NCc1ccc(C)cc1. The van der Waals surface area contributed by atoms with Crippen LogP contribution in [0.15, 0.2) is 66.7 Å². The molecule has 0 aromatic heterocycles. The summed E-state index contributed by atoms with van der Waals surface area (Å²) in [5.74, 6) is 0.659. The molecule has 25 heavy (non-hydrogen) atoms. The lowest BCUT2D eigenvalue weighted by Gasteiger charge is -2.18. The molecule has 0 saturated heterocycles. The fourth-order valence-corrected chi connectivity index (χ4v) is 2.78. The van der Waals surface area contributed by atoms with Crippen LogP contribution in [0.5, 0.6) is 5.75 Å². The summed E-state index contributed by atoms with van der Waals surface area (Å²) in [5, 5.41) is 5.10. The molecule has 0 aliphatic carbocycles. The van der Waals surface area contributed by atoms with Crippen molar-refractivity contribution in [3.63, 3.8) is 0 Å². The molecule has 0 unspecified atom stereocenters. The third kappa shape index (κ3) is 4.18. The number of benzene rings is 3. The highest BCUT2D eigenvalue weighted by Crippen LogP contribution is 2.26. The predicted octanol–water partition coefficient (Wildman–Crippen LogP) is 4.62. The second kappa shape index (κ2) is 7.84. The molecule has 0 fully saturated rings. The molecule has 1 amide bonds. The van der Waals surface area contributed by atoms with E-state index in [1.54, 1.807) is 0 Å². The fourth-order valence-electron chi connectivity index (χ4n) is 2.78. The third-order valence-electron chi connectivity index (χ3n) is 4.27. The molecule has 0 bridgehead atoms. The summed E-state index contributed by atoms with van der Waals surface area (Å²) >= 11 is 0. The van der Waals surface area contributed by atoms with Gasteiger partial charge in [-0.15, -0.1) is 0 Å². The van der Waals surface area contributed by atoms with Crippen LogP contribution in [0.25, 0.3) is 10.8 Å². The average Bonchev–Trinajstić information content (AvgIpc) is 2.65. The second-order valence-electron chi connectivity index (χ2n) is 6.20. The van der Waals surface area contributed by atoms with Gasteiger partial charge in [-0.3, -0.25) is 4.79 Å². The molecule has 0 radical (unpaired) electrons. The zero-order valence-corrected chi connectivity index (χ0v) is 14.7. The summed E-state index contributed by atoms with van der Waals surface area (Å²) in [6, 6.07) is 22.1. The van der Waals surface area contributed by atoms with Gasteiger partial charge in [-0.05, 0) is 30.4 Å². The molecule has 0 aliphatic heterocycles. The molecule has 0 heterocycles. The van der Waals surface area contributed by atoms with Crippen LogP contribution >= 0.6 is 0 Å². The van der Waals surface area contributed by atoms with Crippen LogP contribution in [0, 0.1) is 6.92 Å². The van der Waals surface area contributed by atoms with Crippen molar-refractivity contribution in [2.24, 2.45) is 0 Å². The van der Waals surface area contributed by atoms with Crippen molar-refractivity contribution in [2.45, 2.75) is 32.9 Å². The summed E-state index contributed by atoms with van der Waals surface area (Å²) in [6.45, 7) is 4.52. The third-order valence-corrected chi connectivity index (χ3v) is 4.27. The van der Waals surface area contributed by atoms with E-state index in [1.165, 1.54) is 5.56 Å². The zero-order valence-electron chi connectivity index (χ0n) is 14.7. The molecule has 128 valence electrons. The van der Waals surface area contributed by atoms with Crippen LogP contribution in [0.2, 0.25) is 0 Å². The number of ether oxygens (including phenoxy) is 1. The van der Waals surface area contributed by atoms with Crippen LogP contribution in [0.1, 0.15) is 24.5 Å². The first-order chi connectivity index (χ1) is 12.2. The smallest absolute Gasteiger partial charge is 0.261 e. The Kier molecular flexibility index (Phi) is 5.34. The van der Waals surface area contributed by atoms with Gasteiger partial charge in [0.25, 0.3) is 5.91 Å². The average molecular weight is 333 g/mol. The Hall–Kier alpha value is -2.81. The van der Waals surface area contributed by atoms with E-state index in [0.29, 0.717) is 13.0 Å². The lowest BCUT2D eigenvalue weighted by atomic mass is 10.1. The van der Waals surface area contributed by atoms with Gasteiger partial charge in [0.15, 0.2) is 6.10 Å². The monoisotopic (exact) mass is 333 g/mol. The summed E-state index contributed by atoms with van der Waals surface area (Å²) in [6.07, 6.45) is 0.111. The molecule has 3 rings (SSSR count). The highest BCUT2D eigenvalue weighted by atomic mass is 16.5. The first kappa shape index (κ1) is 17.0. The van der Waals surface area contributed by atoms with Gasteiger partial charge >= 0.3 is 0 Å². The van der Waals surface area contributed by atoms with Crippen molar-refractivity contribution in [3.8, 4) is 5.75 Å². The Labute approximate surface area is 148 Å². The molecular formula is C22H23NO2. The lowest BCUT2D eigenvalue weighted by molar-refractivity contribution is -0.128. The van der Waals surface area contributed by atoms with Crippen molar-refractivity contribution in [1.29, 1.82) is 0 Å². The number of fused-ring (bicyclic) bond motifs is 1. The molecular weight excluding hydrogens is 310 g/mol. The van der Waals surface area contributed by atoms with Gasteiger partial charge in [0.2, 0.25) is 0 Å². The van der Waals surface area contributed by atoms with Gasteiger partial charge in [0.05, 0.1) is 0 Å². The molecule has 0 aliphatic rings. The van der Waals surface area contributed by atoms with Crippen molar-refractivity contribution < 1.29 is 9.53 Å². The normalized spacial score (nSPS) is 11.9. The number of aryl methyl sites for hydroxylation is 1. The van der Waals surface area contributed by atoms with Gasteiger partial charge in [-0.1, -0.05) is 73.2 Å². The highest BCUT2D eigenvalue weighted by Gasteiger charge is 2.19. The number of carbonyl (C=O) groups excluding carboxylic acids is 1. The minimum absolute atomic E-state index is 0.0870. The minimum Gasteiger partial charge on any atom is -0.480 e. The van der Waals surface area contributed by atoms with Gasteiger partial charge in [-0.2, -0.15) is 0 Å². The predicted molar refractivity (Wildman–Crippen MR) is 102 cm³/mol. The maximum Gasteiger partial charge on any atom is 0.261 e. The number of hydrogen-bond acceptors (Lipinski definition) is 2. The molecule has 1 N–H and O–H groups in total. The van der Waals surface area contributed by atoms with Gasteiger partial charge in [0.1, 0.15) is 5.75 Å². The van der Waals surface area contributed by atoms with E-state index in [9.17, 15) is 4.79 Å². The fraction of sp³-hybridized carbons (Fsp3) is 0.227. The summed E-state index contributed by atoms with van der Waals surface area (Å²) in [5.41, 5.74) is 2.29. The van der Waals surface area contributed by atoms with Crippen LogP contribution in [0.3, 0.4) is 0 Å². The van der Waals surface area contributed by atoms with Crippen LogP contribution in [-0.2, 0) is 11.3 Å². The molecule has 0 saturated carbocycles. The molecule has 1 atom stereocenters. The Morgan fingerprint density at radius 2 is 1.72 bits per heavy atom. The van der Waals surface area contributed by atoms with E-state index >= 15 is 0 Å². The quantitative estimate of drug-likeness (QED) is 0.715. The van der Waals surface area contributed by atoms with E-state index in [0.717, 1.165) is 22.1 Å². The maximum atomic E-state index is 12.5. The number of carbonyl (C=O) groups is 1. The molecule has 3 aromatic carbocycles. The molecule has 3 heteroatoms. The molecule has 0 spiro atoms. The number of rotatable bonds is 6. The largest absolute Gasteiger partial charge is 0.480 e. The highest BCUT2D eigenvalue weighted by molar-refractivity contribution is 5.89. The van der Waals surface area contributed by atoms with E-state index in [1.807, 2.05) is 80.6 Å². The van der Waals surface area contributed by atoms with E-state index in [2.05, 4.69) is 5.32 Å². The molecule has 3 aromatic rings. The molecule has 3 nitrogen and oxygen atoms in total. The van der Waals surface area contributed by atoms with Crippen LogP contribution in [-0.4, -0.2) is 12.0 Å². The van der Waals surface area contributed by atoms with E-state index < -0.39 is 6.10 Å². The minimum atomic E-state index is -0.503. The van der Waals surface area contributed by atoms with Crippen molar-refractivity contribution in [2.75, 3.05) is 0 Å². The Balaban J connectivity index is 1.68. The van der Waals surface area contributed by atoms with Crippen molar-refractivity contribution in [1.82, 2.24) is 5.32 Å². The second-order valence-corrected chi connectivity index (χ2v) is 6.20. The zero-order chi connectivity index (χ0) is 17.6. The van der Waals surface area contributed by atoms with Gasteiger partial charge in [-0.25, -0.2) is 0 Å². The number of amides is 1. The van der Waals surface area contributed by atoms with Crippen molar-refractivity contribution in [3.05, 3.63) is 77.9 Å². The number of nitrogens with one attached hydrogen (secondary N) is 1. The maximum absolute atomic E-state index is 12.5. The summed E-state index contributed by atoms with van der Waals surface area (Å²) in [7, 11) is 0. The Morgan fingerprint density at radius 1 is 1.00 bits per heavy atom. The summed E-state index contributed by atoms with van der Waals surface area (Å²) in [4.78, 5) is 12.5. The first-order valence-electron chi connectivity index (χ1n) is 8.65. The lowest BCUT2D eigenvalue weighted by Crippen LogP contribution is -2.37. The van der Waals surface area contributed by atoms with Gasteiger partial charge < -0.3 is 10.1 Å². The van der Waals surface area contributed by atoms with Crippen LogP contribution in [0.4, 0.5) is 0 Å². The van der Waals surface area contributed by atoms with Crippen molar-refractivity contribution >= 4 is 16.7 Å². The van der Waals surface area contributed by atoms with E-state index in [4.69, 9.17) is 4.74 Å². The number of hydrogen-bond donors (Lipinski definition) is 1. The van der Waals surface area contributed by atoms with Crippen LogP contribution < -0.4 is 10.1 Å². The summed E-state index contributed by atoms with van der Waals surface area (Å²) < 4.78 is 6.03. The first-order valence-corrected chi connectivity index (χ1v) is 8.65.